The normalized spacial score (nSPS) is 16.9. The van der Waals surface area contributed by atoms with E-state index in [1.807, 2.05) is 47.6 Å². The molecule has 5 nitrogen and oxygen atoms in total. The molecule has 1 aliphatic rings. The Morgan fingerprint density at radius 1 is 1.19 bits per heavy atom. The van der Waals surface area contributed by atoms with Gasteiger partial charge in [-0.05, 0) is 48.6 Å². The van der Waals surface area contributed by atoms with Crippen molar-refractivity contribution >= 4 is 17.7 Å². The van der Waals surface area contributed by atoms with Crippen LogP contribution in [-0.2, 0) is 11.3 Å². The molecule has 1 aliphatic heterocycles. The first kappa shape index (κ1) is 17.8. The van der Waals surface area contributed by atoms with Crippen molar-refractivity contribution < 1.29 is 9.32 Å². The van der Waals surface area contributed by atoms with E-state index in [0.717, 1.165) is 5.56 Å². The minimum Gasteiger partial charge on any atom is -0.339 e. The minimum atomic E-state index is -0.0479. The van der Waals surface area contributed by atoms with Crippen LogP contribution in [0.5, 0.6) is 0 Å². The van der Waals surface area contributed by atoms with Gasteiger partial charge in [0.2, 0.25) is 17.6 Å². The van der Waals surface area contributed by atoms with Crippen LogP contribution in [0.25, 0.3) is 11.4 Å². The molecule has 1 fully saturated rings. The van der Waals surface area contributed by atoms with Crippen LogP contribution in [-0.4, -0.2) is 33.7 Å². The van der Waals surface area contributed by atoms with E-state index in [4.69, 9.17) is 4.52 Å². The lowest BCUT2D eigenvalue weighted by Crippen LogP contribution is -2.24. The number of nitrogens with zero attached hydrogens (tertiary/aromatic N) is 3. The highest BCUT2D eigenvalue weighted by Crippen LogP contribution is 2.30. The van der Waals surface area contributed by atoms with E-state index < -0.39 is 0 Å². The van der Waals surface area contributed by atoms with Gasteiger partial charge in [0.05, 0.1) is 5.92 Å². The smallest absolute Gasteiger partial charge is 0.232 e. The zero-order valence-electron chi connectivity index (χ0n) is 15.4. The summed E-state index contributed by atoms with van der Waals surface area (Å²) >= 11 is 1.69. The molecule has 1 amide bonds. The monoisotopic (exact) mass is 379 g/mol. The Morgan fingerprint density at radius 2 is 1.96 bits per heavy atom. The Balaban J connectivity index is 1.47. The van der Waals surface area contributed by atoms with E-state index in [0.29, 0.717) is 31.2 Å². The summed E-state index contributed by atoms with van der Waals surface area (Å²) in [6, 6.07) is 16.2. The summed E-state index contributed by atoms with van der Waals surface area (Å²) in [5.74, 6) is 1.20. The number of thioether (sulfide) groups is 1. The van der Waals surface area contributed by atoms with Gasteiger partial charge in [0.1, 0.15) is 0 Å². The number of hydrogen-bond acceptors (Lipinski definition) is 5. The van der Waals surface area contributed by atoms with Crippen LogP contribution in [0.3, 0.4) is 0 Å². The van der Waals surface area contributed by atoms with Crippen molar-refractivity contribution in [1.29, 1.82) is 0 Å². The topological polar surface area (TPSA) is 59.2 Å². The standard InChI is InChI=1S/C21H21N3O2S/c1-14-5-3-4-6-16(14)12-24-13-17(11-19(24)25)21-22-20(23-26-21)15-7-9-18(27-2)10-8-15/h3-10,17H,11-13H2,1-2H3. The average Bonchev–Trinajstić information content (AvgIpc) is 3.31. The van der Waals surface area contributed by atoms with Gasteiger partial charge in [-0.15, -0.1) is 11.8 Å². The van der Waals surface area contributed by atoms with Gasteiger partial charge in [-0.2, -0.15) is 4.98 Å². The molecule has 27 heavy (non-hydrogen) atoms. The first-order valence-electron chi connectivity index (χ1n) is 8.94. The fourth-order valence-electron chi connectivity index (χ4n) is 3.34. The number of aromatic nitrogens is 2. The fourth-order valence-corrected chi connectivity index (χ4v) is 3.75. The summed E-state index contributed by atoms with van der Waals surface area (Å²) in [4.78, 5) is 20.1. The van der Waals surface area contributed by atoms with Crippen molar-refractivity contribution in [3.8, 4) is 11.4 Å². The number of aryl methyl sites for hydroxylation is 1. The maximum absolute atomic E-state index is 12.5. The Labute approximate surface area is 162 Å². The number of rotatable bonds is 5. The number of likely N-dealkylation sites (tertiary alicyclic amines) is 1. The van der Waals surface area contributed by atoms with Crippen LogP contribution < -0.4 is 0 Å². The lowest BCUT2D eigenvalue weighted by molar-refractivity contribution is -0.128. The lowest BCUT2D eigenvalue weighted by atomic mass is 10.1. The predicted octanol–water partition coefficient (Wildman–Crippen LogP) is 4.28. The highest BCUT2D eigenvalue weighted by atomic mass is 32.2. The SMILES string of the molecule is CSc1ccc(-c2noc(C3CC(=O)N(Cc4ccccc4C)C3)n2)cc1. The van der Waals surface area contributed by atoms with E-state index in [1.54, 1.807) is 11.8 Å². The molecule has 2 aromatic carbocycles. The minimum absolute atomic E-state index is 0.0479. The molecule has 2 heterocycles. The van der Waals surface area contributed by atoms with Crippen LogP contribution in [0.1, 0.15) is 29.4 Å². The Morgan fingerprint density at radius 3 is 2.70 bits per heavy atom. The summed E-state index contributed by atoms with van der Waals surface area (Å²) in [5, 5.41) is 4.11. The largest absolute Gasteiger partial charge is 0.339 e. The molecule has 0 spiro atoms. The molecule has 1 saturated heterocycles. The molecule has 6 heteroatoms. The zero-order valence-corrected chi connectivity index (χ0v) is 16.2. The lowest BCUT2D eigenvalue weighted by Gasteiger charge is -2.17. The second-order valence-corrected chi connectivity index (χ2v) is 7.67. The van der Waals surface area contributed by atoms with Crippen molar-refractivity contribution in [1.82, 2.24) is 15.0 Å². The Kier molecular flexibility index (Phi) is 4.99. The average molecular weight is 379 g/mol. The van der Waals surface area contributed by atoms with Crippen molar-refractivity contribution in [2.75, 3.05) is 12.8 Å². The van der Waals surface area contributed by atoms with Crippen LogP contribution in [0.2, 0.25) is 0 Å². The van der Waals surface area contributed by atoms with E-state index in [9.17, 15) is 4.79 Å². The van der Waals surface area contributed by atoms with Crippen LogP contribution in [0.4, 0.5) is 0 Å². The van der Waals surface area contributed by atoms with Gasteiger partial charge in [-0.1, -0.05) is 29.4 Å². The highest BCUT2D eigenvalue weighted by molar-refractivity contribution is 7.98. The molecule has 3 aromatic rings. The molecule has 1 unspecified atom stereocenters. The van der Waals surface area contributed by atoms with Crippen molar-refractivity contribution in [3.05, 3.63) is 65.5 Å². The second-order valence-electron chi connectivity index (χ2n) is 6.79. The van der Waals surface area contributed by atoms with Gasteiger partial charge in [-0.25, -0.2) is 0 Å². The van der Waals surface area contributed by atoms with Crippen LogP contribution in [0, 0.1) is 6.92 Å². The zero-order chi connectivity index (χ0) is 18.8. The number of hydrogen-bond donors (Lipinski definition) is 0. The molecule has 0 radical (unpaired) electrons. The second kappa shape index (κ2) is 7.56. The van der Waals surface area contributed by atoms with Crippen molar-refractivity contribution in [2.24, 2.45) is 0 Å². The fraction of sp³-hybridized carbons (Fsp3) is 0.286. The maximum atomic E-state index is 12.5. The first-order valence-corrected chi connectivity index (χ1v) is 10.2. The summed E-state index contributed by atoms with van der Waals surface area (Å²) < 4.78 is 5.48. The Hall–Kier alpha value is -2.60. The highest BCUT2D eigenvalue weighted by Gasteiger charge is 2.34. The summed E-state index contributed by atoms with van der Waals surface area (Å²) in [6.07, 6.45) is 2.46. The van der Waals surface area contributed by atoms with Crippen LogP contribution >= 0.6 is 11.8 Å². The predicted molar refractivity (Wildman–Crippen MR) is 105 cm³/mol. The summed E-state index contributed by atoms with van der Waals surface area (Å²) in [7, 11) is 0. The third-order valence-electron chi connectivity index (χ3n) is 4.98. The molecule has 138 valence electrons. The molecular weight excluding hydrogens is 358 g/mol. The van der Waals surface area contributed by atoms with Crippen molar-refractivity contribution in [2.45, 2.75) is 30.7 Å². The first-order chi connectivity index (χ1) is 13.1. The number of carbonyl (C=O) groups is 1. The molecule has 1 atom stereocenters. The summed E-state index contributed by atoms with van der Waals surface area (Å²) in [6.45, 7) is 3.30. The van der Waals surface area contributed by atoms with Gasteiger partial charge in [-0.3, -0.25) is 4.79 Å². The van der Waals surface area contributed by atoms with E-state index >= 15 is 0 Å². The number of amides is 1. The molecule has 0 saturated carbocycles. The van der Waals surface area contributed by atoms with Gasteiger partial charge >= 0.3 is 0 Å². The van der Waals surface area contributed by atoms with E-state index in [-0.39, 0.29) is 11.8 Å². The third kappa shape index (κ3) is 3.76. The third-order valence-corrected chi connectivity index (χ3v) is 5.72. The molecular formula is C21H21N3O2S. The van der Waals surface area contributed by atoms with E-state index in [2.05, 4.69) is 29.2 Å². The van der Waals surface area contributed by atoms with Gasteiger partial charge < -0.3 is 9.42 Å². The number of carbonyl (C=O) groups excluding carboxylic acids is 1. The molecule has 0 N–H and O–H groups in total. The Bertz CT molecular complexity index is 952. The van der Waals surface area contributed by atoms with Gasteiger partial charge in [0.25, 0.3) is 0 Å². The van der Waals surface area contributed by atoms with Crippen LogP contribution in [0.15, 0.2) is 57.9 Å². The summed E-state index contributed by atoms with van der Waals surface area (Å²) in [5.41, 5.74) is 3.29. The molecule has 4 rings (SSSR count). The molecule has 1 aromatic heterocycles. The number of benzene rings is 2. The van der Waals surface area contributed by atoms with Crippen molar-refractivity contribution in [3.63, 3.8) is 0 Å². The molecule has 0 bridgehead atoms. The quantitative estimate of drug-likeness (QED) is 0.619. The molecule has 0 aliphatic carbocycles. The van der Waals surface area contributed by atoms with E-state index in [1.165, 1.54) is 16.0 Å². The van der Waals surface area contributed by atoms with Gasteiger partial charge in [0, 0.05) is 30.0 Å². The maximum Gasteiger partial charge on any atom is 0.232 e. The van der Waals surface area contributed by atoms with Gasteiger partial charge in [0.15, 0.2) is 0 Å².